The largest absolute Gasteiger partial charge is 0.507 e. The van der Waals surface area contributed by atoms with Crippen LogP contribution in [0.1, 0.15) is 35.7 Å². The zero-order valence-electron chi connectivity index (χ0n) is 16.7. The smallest absolute Gasteiger partial charge is 0.416 e. The van der Waals surface area contributed by atoms with E-state index < -0.39 is 17.5 Å². The average molecular weight is 419 g/mol. The molecule has 1 aliphatic heterocycles. The summed E-state index contributed by atoms with van der Waals surface area (Å²) < 4.78 is 40.8. The second kappa shape index (κ2) is 6.96. The molecule has 2 aromatic heterocycles. The summed E-state index contributed by atoms with van der Waals surface area (Å²) in [5, 5.41) is 14.8. The van der Waals surface area contributed by atoms with Crippen molar-refractivity contribution < 1.29 is 23.1 Å². The molecule has 0 spiro atoms. The van der Waals surface area contributed by atoms with Crippen LogP contribution < -0.4 is 0 Å². The van der Waals surface area contributed by atoms with Gasteiger partial charge in [0, 0.05) is 25.6 Å². The van der Waals surface area contributed by atoms with Gasteiger partial charge in [-0.15, -0.1) is 5.10 Å². The molecular formula is C20H20F3N5O2. The second-order valence-electron chi connectivity index (χ2n) is 7.61. The maximum atomic E-state index is 13.0. The first kappa shape index (κ1) is 20.1. The van der Waals surface area contributed by atoms with Gasteiger partial charge in [0.25, 0.3) is 0 Å². The number of halogens is 3. The van der Waals surface area contributed by atoms with Crippen LogP contribution in [0.2, 0.25) is 0 Å². The number of phenols is 1. The lowest BCUT2D eigenvalue weighted by molar-refractivity contribution is -0.137. The third-order valence-corrected chi connectivity index (χ3v) is 5.49. The van der Waals surface area contributed by atoms with Crippen molar-refractivity contribution in [1.82, 2.24) is 24.6 Å². The molecule has 1 amide bonds. The molecule has 3 aromatic rings. The zero-order valence-corrected chi connectivity index (χ0v) is 16.7. The van der Waals surface area contributed by atoms with E-state index in [1.165, 1.54) is 13.1 Å². The van der Waals surface area contributed by atoms with Gasteiger partial charge >= 0.3 is 6.18 Å². The quantitative estimate of drug-likeness (QED) is 0.686. The Labute approximate surface area is 170 Å². The van der Waals surface area contributed by atoms with Crippen LogP contribution >= 0.6 is 0 Å². The van der Waals surface area contributed by atoms with E-state index in [1.807, 2.05) is 6.92 Å². The first-order valence-corrected chi connectivity index (χ1v) is 9.43. The van der Waals surface area contributed by atoms with Crippen LogP contribution in [0, 0.1) is 13.8 Å². The summed E-state index contributed by atoms with van der Waals surface area (Å²) in [6.07, 6.45) is -2.04. The summed E-state index contributed by atoms with van der Waals surface area (Å²) in [5.74, 6) is -0.424. The van der Waals surface area contributed by atoms with Gasteiger partial charge in [-0.25, -0.2) is 9.97 Å². The zero-order chi connectivity index (χ0) is 21.8. The van der Waals surface area contributed by atoms with Crippen molar-refractivity contribution in [1.29, 1.82) is 0 Å². The molecule has 10 heteroatoms. The number of aryl methyl sites for hydroxylation is 2. The van der Waals surface area contributed by atoms with Gasteiger partial charge < -0.3 is 10.0 Å². The van der Waals surface area contributed by atoms with E-state index in [0.717, 1.165) is 11.8 Å². The molecular weight excluding hydrogens is 399 g/mol. The first-order chi connectivity index (χ1) is 14.1. The van der Waals surface area contributed by atoms with Crippen molar-refractivity contribution in [2.75, 3.05) is 13.6 Å². The number of phenolic OH excluding ortho intramolecular Hbond substituents is 1. The molecule has 0 aliphatic carbocycles. The lowest BCUT2D eigenvalue weighted by atomic mass is 10.0. The highest BCUT2D eigenvalue weighted by Crippen LogP contribution is 2.38. The van der Waals surface area contributed by atoms with Gasteiger partial charge in [0.15, 0.2) is 0 Å². The number of carbonyl (C=O) groups is 1. The first-order valence-electron chi connectivity index (χ1n) is 9.43. The third kappa shape index (κ3) is 3.35. The Morgan fingerprint density at radius 2 is 1.97 bits per heavy atom. The van der Waals surface area contributed by atoms with Crippen molar-refractivity contribution in [3.63, 3.8) is 0 Å². The SMILES string of the molecule is Cc1cc(C(F)(F)F)cc(O)c1-c1cnc2c(C)n([C@H]3CCC(=O)N(C)C3)nc2n1. The molecule has 1 fully saturated rings. The molecule has 1 N–H and O–H groups in total. The minimum absolute atomic E-state index is 0.00615. The number of carbonyl (C=O) groups excluding carboxylic acids is 1. The fraction of sp³-hybridized carbons (Fsp3) is 0.400. The number of likely N-dealkylation sites (tertiary alicyclic amines) is 1. The molecule has 0 saturated carbocycles. The molecule has 0 bridgehead atoms. The van der Waals surface area contributed by atoms with Crippen molar-refractivity contribution in [3.8, 4) is 17.0 Å². The van der Waals surface area contributed by atoms with Gasteiger partial charge in [-0.3, -0.25) is 9.48 Å². The van der Waals surface area contributed by atoms with Crippen LogP contribution in [0.3, 0.4) is 0 Å². The fourth-order valence-electron chi connectivity index (χ4n) is 3.92. The molecule has 7 nitrogen and oxygen atoms in total. The number of alkyl halides is 3. The van der Waals surface area contributed by atoms with E-state index in [1.54, 1.807) is 16.6 Å². The van der Waals surface area contributed by atoms with Gasteiger partial charge in [0.05, 0.1) is 29.2 Å². The summed E-state index contributed by atoms with van der Waals surface area (Å²) in [4.78, 5) is 22.3. The van der Waals surface area contributed by atoms with Crippen LogP contribution in [0.25, 0.3) is 22.4 Å². The summed E-state index contributed by atoms with van der Waals surface area (Å²) >= 11 is 0. The minimum atomic E-state index is -4.55. The summed E-state index contributed by atoms with van der Waals surface area (Å²) in [7, 11) is 1.75. The Bertz CT molecular complexity index is 1130. The molecule has 0 unspecified atom stereocenters. The van der Waals surface area contributed by atoms with E-state index in [0.29, 0.717) is 36.6 Å². The molecule has 1 aromatic carbocycles. The molecule has 158 valence electrons. The van der Waals surface area contributed by atoms with Gasteiger partial charge in [0.2, 0.25) is 11.6 Å². The Morgan fingerprint density at radius 3 is 2.60 bits per heavy atom. The molecule has 1 atom stereocenters. The van der Waals surface area contributed by atoms with E-state index in [-0.39, 0.29) is 28.8 Å². The predicted octanol–water partition coefficient (Wildman–Crippen LogP) is 3.63. The molecule has 0 radical (unpaired) electrons. The van der Waals surface area contributed by atoms with Crippen molar-refractivity contribution >= 4 is 17.1 Å². The Balaban J connectivity index is 1.76. The maximum Gasteiger partial charge on any atom is 0.416 e. The Hall–Kier alpha value is -3.17. The number of amides is 1. The van der Waals surface area contributed by atoms with Crippen molar-refractivity contribution in [3.05, 3.63) is 35.2 Å². The van der Waals surface area contributed by atoms with Gasteiger partial charge in [0.1, 0.15) is 11.3 Å². The van der Waals surface area contributed by atoms with Crippen molar-refractivity contribution in [2.45, 2.75) is 38.9 Å². The summed E-state index contributed by atoms with van der Waals surface area (Å²) in [5.41, 5.74) is 1.45. The van der Waals surface area contributed by atoms with E-state index in [4.69, 9.17) is 0 Å². The Morgan fingerprint density at radius 1 is 1.23 bits per heavy atom. The number of fused-ring (bicyclic) bond motifs is 1. The molecule has 1 saturated heterocycles. The third-order valence-electron chi connectivity index (χ3n) is 5.49. The number of rotatable bonds is 2. The molecule has 30 heavy (non-hydrogen) atoms. The summed E-state index contributed by atoms with van der Waals surface area (Å²) in [6, 6.07) is 1.65. The fourth-order valence-corrected chi connectivity index (χ4v) is 3.92. The van der Waals surface area contributed by atoms with Crippen LogP contribution in [0.4, 0.5) is 13.2 Å². The Kier molecular flexibility index (Phi) is 4.67. The number of hydrogen-bond donors (Lipinski definition) is 1. The number of aromatic nitrogens is 4. The van der Waals surface area contributed by atoms with Gasteiger partial charge in [-0.2, -0.15) is 13.2 Å². The molecule has 1 aliphatic rings. The minimum Gasteiger partial charge on any atom is -0.507 e. The lowest BCUT2D eigenvalue weighted by Gasteiger charge is -2.30. The van der Waals surface area contributed by atoms with Crippen LogP contribution in [-0.2, 0) is 11.0 Å². The summed E-state index contributed by atoms with van der Waals surface area (Å²) in [6.45, 7) is 3.87. The highest BCUT2D eigenvalue weighted by molar-refractivity contribution is 5.79. The van der Waals surface area contributed by atoms with Crippen LogP contribution in [0.5, 0.6) is 5.75 Å². The van der Waals surface area contributed by atoms with E-state index >= 15 is 0 Å². The van der Waals surface area contributed by atoms with E-state index in [9.17, 15) is 23.1 Å². The second-order valence-corrected chi connectivity index (χ2v) is 7.61. The lowest BCUT2D eigenvalue weighted by Crippen LogP contribution is -2.38. The normalized spacial score (nSPS) is 17.7. The number of aromatic hydroxyl groups is 1. The maximum absolute atomic E-state index is 13.0. The number of hydrogen-bond acceptors (Lipinski definition) is 5. The standard InChI is InChI=1S/C20H20F3N5O2/c1-10-6-12(20(21,22)23)7-15(29)17(10)14-8-24-18-11(2)28(26-19(18)25-14)13-4-5-16(30)27(3)9-13/h6-8,13,29H,4-5,9H2,1-3H3/t13-/m0/s1. The van der Waals surface area contributed by atoms with E-state index in [2.05, 4.69) is 15.1 Å². The molecule has 4 rings (SSSR count). The number of nitrogens with zero attached hydrogens (tertiary/aromatic N) is 5. The van der Waals surface area contributed by atoms with Gasteiger partial charge in [-0.1, -0.05) is 0 Å². The topological polar surface area (TPSA) is 84.1 Å². The predicted molar refractivity (Wildman–Crippen MR) is 103 cm³/mol. The van der Waals surface area contributed by atoms with Crippen LogP contribution in [-0.4, -0.2) is 49.3 Å². The monoisotopic (exact) mass is 419 g/mol. The number of benzene rings is 1. The van der Waals surface area contributed by atoms with Crippen molar-refractivity contribution in [2.24, 2.45) is 0 Å². The van der Waals surface area contributed by atoms with Gasteiger partial charge in [-0.05, 0) is 38.0 Å². The highest BCUT2D eigenvalue weighted by atomic mass is 19.4. The molecule has 3 heterocycles. The van der Waals surface area contributed by atoms with Crippen LogP contribution in [0.15, 0.2) is 18.3 Å². The number of likely N-dealkylation sites (N-methyl/N-ethyl adjacent to an activating group) is 1. The number of piperidine rings is 1. The highest BCUT2D eigenvalue weighted by Gasteiger charge is 2.32. The average Bonchev–Trinajstić information content (AvgIpc) is 2.99.